The Morgan fingerprint density at radius 3 is 1.07 bits per heavy atom. The van der Waals surface area contributed by atoms with Crippen LogP contribution in [0.25, 0.3) is 11.1 Å². The third kappa shape index (κ3) is 1.69. The average molecular weight is 188 g/mol. The van der Waals surface area contributed by atoms with E-state index in [4.69, 9.17) is 10.2 Å². The lowest BCUT2D eigenvalue weighted by Crippen LogP contribution is -1.75. The Morgan fingerprint density at radius 2 is 0.786 bits per heavy atom. The molecule has 0 aliphatic rings. The van der Waals surface area contributed by atoms with Crippen LogP contribution >= 0.6 is 0 Å². The molecular formula is C12H12O2+2. The first-order chi connectivity index (χ1) is 6.75. The van der Waals surface area contributed by atoms with Gasteiger partial charge in [-0.1, -0.05) is 0 Å². The van der Waals surface area contributed by atoms with Gasteiger partial charge in [0.2, 0.25) is 0 Å². The lowest BCUT2D eigenvalue weighted by Gasteiger charge is -1.99. The summed E-state index contributed by atoms with van der Waals surface area (Å²) in [5.74, 6) is 1.04. The zero-order chi connectivity index (χ0) is 9.97. The van der Waals surface area contributed by atoms with Gasteiger partial charge in [0.05, 0.1) is 0 Å². The van der Waals surface area contributed by atoms with Crippen LogP contribution in [-0.4, -0.2) is 10.2 Å². The van der Waals surface area contributed by atoms with Crippen molar-refractivity contribution in [1.82, 2.24) is 0 Å². The van der Waals surface area contributed by atoms with E-state index in [1.54, 1.807) is 24.3 Å². The fraction of sp³-hybridized carbons (Fsp3) is 0. The van der Waals surface area contributed by atoms with Gasteiger partial charge < -0.3 is 10.2 Å². The summed E-state index contributed by atoms with van der Waals surface area (Å²) in [6.07, 6.45) is 0. The lowest BCUT2D eigenvalue weighted by molar-refractivity contribution is 0.474. The molecule has 0 fully saturated rings. The summed E-state index contributed by atoms with van der Waals surface area (Å²) in [7, 11) is 0. The van der Waals surface area contributed by atoms with Crippen LogP contribution in [0, 0.1) is 0 Å². The number of benzene rings is 2. The molecule has 2 rings (SSSR count). The Bertz CT molecular complexity index is 372. The SMILES string of the molecule is [OH2+]c1ccc(-c2ccc([OH2+])cc2)cc1. The summed E-state index contributed by atoms with van der Waals surface area (Å²) >= 11 is 0. The number of hydrogen-bond acceptors (Lipinski definition) is 0. The second-order valence-corrected chi connectivity index (χ2v) is 3.15. The molecule has 70 valence electrons. The van der Waals surface area contributed by atoms with Gasteiger partial charge in [-0.2, -0.15) is 0 Å². The fourth-order valence-corrected chi connectivity index (χ4v) is 1.33. The molecule has 2 heteroatoms. The molecule has 0 atom stereocenters. The van der Waals surface area contributed by atoms with E-state index >= 15 is 0 Å². The molecule has 0 saturated heterocycles. The molecule has 2 aromatic rings. The van der Waals surface area contributed by atoms with Crippen LogP contribution in [0.1, 0.15) is 0 Å². The average Bonchev–Trinajstić information content (AvgIpc) is 2.21. The Labute approximate surface area is 82.1 Å². The van der Waals surface area contributed by atoms with Crippen LogP contribution in [0.15, 0.2) is 48.5 Å². The highest BCUT2D eigenvalue weighted by Gasteiger charge is 1.99. The van der Waals surface area contributed by atoms with E-state index < -0.39 is 0 Å². The van der Waals surface area contributed by atoms with Crippen LogP contribution in [0.4, 0.5) is 0 Å². The highest BCUT2D eigenvalue weighted by molar-refractivity contribution is 5.64. The Morgan fingerprint density at radius 1 is 0.500 bits per heavy atom. The minimum Gasteiger partial charge on any atom is -0.593 e. The molecule has 0 amide bonds. The smallest absolute Gasteiger partial charge is 0.253 e. The highest BCUT2D eigenvalue weighted by Crippen LogP contribution is 2.23. The zero-order valence-electron chi connectivity index (χ0n) is 7.62. The van der Waals surface area contributed by atoms with Crippen LogP contribution in [-0.2, 0) is 0 Å². The van der Waals surface area contributed by atoms with E-state index in [9.17, 15) is 0 Å². The summed E-state index contributed by atoms with van der Waals surface area (Å²) in [5, 5.41) is 14.7. The summed E-state index contributed by atoms with van der Waals surface area (Å²) in [5.41, 5.74) is 2.17. The second kappa shape index (κ2) is 3.42. The van der Waals surface area contributed by atoms with Gasteiger partial charge in [-0.3, -0.25) is 0 Å². The molecule has 0 spiro atoms. The van der Waals surface area contributed by atoms with E-state index in [1.165, 1.54) is 0 Å². The van der Waals surface area contributed by atoms with Crippen LogP contribution in [0.2, 0.25) is 0 Å². The predicted molar refractivity (Wildman–Crippen MR) is 58.0 cm³/mol. The first-order valence-corrected chi connectivity index (χ1v) is 4.39. The number of rotatable bonds is 1. The van der Waals surface area contributed by atoms with Crippen molar-refractivity contribution in [2.45, 2.75) is 0 Å². The largest absolute Gasteiger partial charge is 0.593 e. The van der Waals surface area contributed by atoms with Crippen molar-refractivity contribution in [3.8, 4) is 22.6 Å². The topological polar surface area (TPSA) is 45.8 Å². The van der Waals surface area contributed by atoms with E-state index in [0.29, 0.717) is 11.5 Å². The molecule has 0 bridgehead atoms. The molecule has 0 unspecified atom stereocenters. The van der Waals surface area contributed by atoms with Gasteiger partial charge in [-0.05, 0) is 35.4 Å². The first-order valence-electron chi connectivity index (χ1n) is 4.39. The minimum absolute atomic E-state index is 0.519. The maximum Gasteiger partial charge on any atom is 0.253 e. The molecule has 14 heavy (non-hydrogen) atoms. The Balaban J connectivity index is 2.40. The molecule has 0 aliphatic heterocycles. The fourth-order valence-electron chi connectivity index (χ4n) is 1.33. The van der Waals surface area contributed by atoms with Gasteiger partial charge in [0.25, 0.3) is 11.5 Å². The van der Waals surface area contributed by atoms with Crippen molar-refractivity contribution < 1.29 is 10.2 Å². The molecule has 2 nitrogen and oxygen atoms in total. The van der Waals surface area contributed by atoms with Crippen molar-refractivity contribution in [2.75, 3.05) is 0 Å². The van der Waals surface area contributed by atoms with Crippen LogP contribution < -0.4 is 0 Å². The molecule has 0 heterocycles. The lowest BCUT2D eigenvalue weighted by atomic mass is 10.1. The maximum atomic E-state index is 7.36. The van der Waals surface area contributed by atoms with Crippen molar-refractivity contribution in [1.29, 1.82) is 0 Å². The van der Waals surface area contributed by atoms with Gasteiger partial charge in [0, 0.05) is 24.3 Å². The third-order valence-electron chi connectivity index (χ3n) is 2.10. The van der Waals surface area contributed by atoms with E-state index in [1.807, 2.05) is 24.3 Å². The summed E-state index contributed by atoms with van der Waals surface area (Å²) in [6, 6.07) is 14.7. The van der Waals surface area contributed by atoms with E-state index in [-0.39, 0.29) is 0 Å². The Kier molecular flexibility index (Phi) is 2.11. The molecular weight excluding hydrogens is 176 g/mol. The van der Waals surface area contributed by atoms with Crippen LogP contribution in [0.5, 0.6) is 11.5 Å². The van der Waals surface area contributed by atoms with Gasteiger partial charge in [-0.25, -0.2) is 0 Å². The Hall–Kier alpha value is -1.96. The van der Waals surface area contributed by atoms with Gasteiger partial charge in [0.1, 0.15) is 0 Å². The predicted octanol–water partition coefficient (Wildman–Crippen LogP) is 2.23. The van der Waals surface area contributed by atoms with Crippen molar-refractivity contribution in [3.63, 3.8) is 0 Å². The monoisotopic (exact) mass is 188 g/mol. The third-order valence-corrected chi connectivity index (χ3v) is 2.10. The molecule has 0 aromatic heterocycles. The van der Waals surface area contributed by atoms with E-state index in [0.717, 1.165) is 11.1 Å². The van der Waals surface area contributed by atoms with Gasteiger partial charge in [-0.15, -0.1) is 0 Å². The van der Waals surface area contributed by atoms with Crippen LogP contribution in [0.3, 0.4) is 0 Å². The standard InChI is InChI=1S/C12H10O2/c13-11-5-1-9(2-6-11)10-3-7-12(14)8-4-10/h1-8,13-14H/p+2. The minimum atomic E-state index is 0.519. The first kappa shape index (κ1) is 8.63. The molecule has 4 N–H and O–H groups in total. The van der Waals surface area contributed by atoms with E-state index in [2.05, 4.69) is 0 Å². The van der Waals surface area contributed by atoms with Gasteiger partial charge >= 0.3 is 0 Å². The molecule has 0 aliphatic carbocycles. The zero-order valence-corrected chi connectivity index (χ0v) is 7.62. The quantitative estimate of drug-likeness (QED) is 0.616. The van der Waals surface area contributed by atoms with Crippen molar-refractivity contribution in [2.24, 2.45) is 0 Å². The molecule has 0 radical (unpaired) electrons. The normalized spacial score (nSPS) is 10.0. The van der Waals surface area contributed by atoms with Crippen molar-refractivity contribution in [3.05, 3.63) is 48.5 Å². The highest BCUT2D eigenvalue weighted by atomic mass is 16.3. The molecule has 0 saturated carbocycles. The maximum absolute atomic E-state index is 7.36. The van der Waals surface area contributed by atoms with Crippen molar-refractivity contribution >= 4 is 0 Å². The van der Waals surface area contributed by atoms with Gasteiger partial charge in [0.15, 0.2) is 0 Å². The summed E-state index contributed by atoms with van der Waals surface area (Å²) in [4.78, 5) is 0. The second-order valence-electron chi connectivity index (χ2n) is 3.15. The number of hydrogen-bond donors (Lipinski definition) is 0. The summed E-state index contributed by atoms with van der Waals surface area (Å²) < 4.78 is 0. The summed E-state index contributed by atoms with van der Waals surface area (Å²) in [6.45, 7) is 0. The molecule has 2 aromatic carbocycles.